The maximum Gasteiger partial charge on any atom is 0.125 e. The molecule has 1 aliphatic rings. The first-order valence-electron chi connectivity index (χ1n) is 7.48. The van der Waals surface area contributed by atoms with Gasteiger partial charge in [0, 0.05) is 18.3 Å². The van der Waals surface area contributed by atoms with Crippen LogP contribution in [-0.4, -0.2) is 25.7 Å². The third kappa shape index (κ3) is 3.69. The molecule has 0 aliphatic carbocycles. The Morgan fingerprint density at radius 1 is 1.37 bits per heavy atom. The lowest BCUT2D eigenvalue weighted by Gasteiger charge is -2.27. The fourth-order valence-electron chi connectivity index (χ4n) is 2.82. The van der Waals surface area contributed by atoms with Gasteiger partial charge in [-0.25, -0.2) is 4.39 Å². The van der Waals surface area contributed by atoms with E-state index < -0.39 is 0 Å². The molecule has 106 valence electrons. The Bertz CT molecular complexity index is 406. The van der Waals surface area contributed by atoms with Crippen molar-refractivity contribution in [2.24, 2.45) is 0 Å². The number of hydrogen-bond donors (Lipinski definition) is 1. The Balaban J connectivity index is 1.85. The van der Waals surface area contributed by atoms with Gasteiger partial charge in [0.05, 0.1) is 0 Å². The highest BCUT2D eigenvalue weighted by molar-refractivity contribution is 5.58. The minimum Gasteiger partial charge on any atom is -0.368 e. The van der Waals surface area contributed by atoms with Crippen LogP contribution in [0.4, 0.5) is 10.1 Å². The smallest absolute Gasteiger partial charge is 0.125 e. The molecule has 1 atom stereocenters. The van der Waals surface area contributed by atoms with Crippen LogP contribution >= 0.6 is 0 Å². The van der Waals surface area contributed by atoms with Crippen LogP contribution in [0.2, 0.25) is 0 Å². The van der Waals surface area contributed by atoms with E-state index in [-0.39, 0.29) is 5.82 Å². The van der Waals surface area contributed by atoms with E-state index in [1.807, 2.05) is 6.07 Å². The number of nitrogens with zero attached hydrogens (tertiary/aromatic N) is 1. The van der Waals surface area contributed by atoms with Crippen molar-refractivity contribution < 1.29 is 4.39 Å². The van der Waals surface area contributed by atoms with Crippen LogP contribution in [0.15, 0.2) is 18.2 Å². The molecule has 0 saturated heterocycles. The first kappa shape index (κ1) is 14.3. The molecule has 0 saturated carbocycles. The highest BCUT2D eigenvalue weighted by Gasteiger charge is 2.23. The van der Waals surface area contributed by atoms with E-state index in [1.54, 1.807) is 12.1 Å². The van der Waals surface area contributed by atoms with E-state index >= 15 is 0 Å². The summed E-state index contributed by atoms with van der Waals surface area (Å²) in [6, 6.07) is 5.68. The average Bonchev–Trinajstić information content (AvgIpc) is 2.81. The quantitative estimate of drug-likeness (QED) is 0.760. The number of rotatable bonds is 7. The van der Waals surface area contributed by atoms with Gasteiger partial charge >= 0.3 is 0 Å². The predicted molar refractivity (Wildman–Crippen MR) is 79.3 cm³/mol. The zero-order valence-electron chi connectivity index (χ0n) is 12.1. The number of hydrogen-bond acceptors (Lipinski definition) is 2. The molecule has 0 bridgehead atoms. The molecular formula is C16H25FN2. The molecule has 2 rings (SSSR count). The van der Waals surface area contributed by atoms with Crippen LogP contribution in [-0.2, 0) is 6.42 Å². The molecule has 0 fully saturated rings. The zero-order valence-corrected chi connectivity index (χ0v) is 12.1. The largest absolute Gasteiger partial charge is 0.368 e. The molecule has 1 aromatic carbocycles. The van der Waals surface area contributed by atoms with Crippen LogP contribution in [0.25, 0.3) is 0 Å². The molecule has 2 nitrogen and oxygen atoms in total. The van der Waals surface area contributed by atoms with Crippen molar-refractivity contribution in [3.05, 3.63) is 29.6 Å². The number of benzene rings is 1. The Labute approximate surface area is 116 Å². The van der Waals surface area contributed by atoms with Crippen LogP contribution in [0, 0.1) is 5.82 Å². The van der Waals surface area contributed by atoms with Crippen molar-refractivity contribution in [1.29, 1.82) is 0 Å². The Morgan fingerprint density at radius 2 is 2.21 bits per heavy atom. The summed E-state index contributed by atoms with van der Waals surface area (Å²) in [6.45, 7) is 7.65. The molecule has 1 unspecified atom stereocenters. The second-order valence-electron chi connectivity index (χ2n) is 5.46. The van der Waals surface area contributed by atoms with Crippen LogP contribution in [0.5, 0.6) is 0 Å². The fourth-order valence-corrected chi connectivity index (χ4v) is 2.82. The molecule has 0 amide bonds. The average molecular weight is 264 g/mol. The lowest BCUT2D eigenvalue weighted by atomic mass is 10.1. The maximum atomic E-state index is 13.4. The normalized spacial score (nSPS) is 15.6. The van der Waals surface area contributed by atoms with Crippen molar-refractivity contribution in [2.45, 2.75) is 45.6 Å². The van der Waals surface area contributed by atoms with Crippen molar-refractivity contribution in [3.63, 3.8) is 0 Å². The van der Waals surface area contributed by atoms with E-state index in [9.17, 15) is 4.39 Å². The van der Waals surface area contributed by atoms with Crippen LogP contribution in [0.3, 0.4) is 0 Å². The second kappa shape index (κ2) is 6.90. The number of anilines is 1. The van der Waals surface area contributed by atoms with Gasteiger partial charge in [-0.15, -0.1) is 0 Å². The Hall–Kier alpha value is -1.09. The maximum absolute atomic E-state index is 13.4. The lowest BCUT2D eigenvalue weighted by Crippen LogP contribution is -2.32. The summed E-state index contributed by atoms with van der Waals surface area (Å²) in [5.41, 5.74) is 2.39. The van der Waals surface area contributed by atoms with Gasteiger partial charge in [-0.05, 0) is 63.4 Å². The minimum absolute atomic E-state index is 0.123. The molecule has 1 N–H and O–H groups in total. The third-order valence-corrected chi connectivity index (χ3v) is 3.91. The summed E-state index contributed by atoms with van der Waals surface area (Å²) in [5.74, 6) is -0.123. The SMILES string of the molecule is CCCNCCCC(C)N1CCc2ccc(F)cc21. The van der Waals surface area contributed by atoms with E-state index in [2.05, 4.69) is 24.1 Å². The van der Waals surface area contributed by atoms with Gasteiger partial charge < -0.3 is 10.2 Å². The molecule has 0 radical (unpaired) electrons. The van der Waals surface area contributed by atoms with Gasteiger partial charge in [0.2, 0.25) is 0 Å². The fraction of sp³-hybridized carbons (Fsp3) is 0.625. The molecule has 1 heterocycles. The Kier molecular flexibility index (Phi) is 5.20. The second-order valence-corrected chi connectivity index (χ2v) is 5.46. The predicted octanol–water partition coefficient (Wildman–Crippen LogP) is 3.36. The van der Waals surface area contributed by atoms with Crippen molar-refractivity contribution >= 4 is 5.69 Å². The zero-order chi connectivity index (χ0) is 13.7. The van der Waals surface area contributed by atoms with E-state index in [1.165, 1.54) is 18.4 Å². The summed E-state index contributed by atoms with van der Waals surface area (Å²) in [4.78, 5) is 2.36. The topological polar surface area (TPSA) is 15.3 Å². The van der Waals surface area contributed by atoms with Crippen molar-refractivity contribution in [2.75, 3.05) is 24.5 Å². The number of fused-ring (bicyclic) bond motifs is 1. The van der Waals surface area contributed by atoms with Gasteiger partial charge in [0.1, 0.15) is 5.82 Å². The highest BCUT2D eigenvalue weighted by Crippen LogP contribution is 2.31. The summed E-state index contributed by atoms with van der Waals surface area (Å²) in [5, 5.41) is 3.43. The number of halogens is 1. The monoisotopic (exact) mass is 264 g/mol. The first-order valence-corrected chi connectivity index (χ1v) is 7.48. The summed E-state index contributed by atoms with van der Waals surface area (Å²) in [6.07, 6.45) is 4.58. The standard InChI is InChI=1S/C16H25FN2/c1-3-9-18-10-4-5-13(2)19-11-8-14-6-7-15(17)12-16(14)19/h6-7,12-13,18H,3-5,8-11H2,1-2H3. The lowest BCUT2D eigenvalue weighted by molar-refractivity contribution is 0.545. The molecule has 19 heavy (non-hydrogen) atoms. The minimum atomic E-state index is -0.123. The van der Waals surface area contributed by atoms with Gasteiger partial charge in [0.25, 0.3) is 0 Å². The molecular weight excluding hydrogens is 239 g/mol. The Morgan fingerprint density at radius 3 is 3.00 bits per heavy atom. The van der Waals surface area contributed by atoms with Crippen molar-refractivity contribution in [1.82, 2.24) is 5.32 Å². The first-order chi connectivity index (χ1) is 9.22. The van der Waals surface area contributed by atoms with Gasteiger partial charge in [-0.3, -0.25) is 0 Å². The van der Waals surface area contributed by atoms with Crippen LogP contribution < -0.4 is 10.2 Å². The molecule has 0 spiro atoms. The van der Waals surface area contributed by atoms with Gasteiger partial charge in [-0.1, -0.05) is 13.0 Å². The molecule has 3 heteroatoms. The summed E-state index contributed by atoms with van der Waals surface area (Å²) >= 11 is 0. The molecule has 1 aliphatic heterocycles. The summed E-state index contributed by atoms with van der Waals surface area (Å²) < 4.78 is 13.4. The van der Waals surface area contributed by atoms with Crippen molar-refractivity contribution in [3.8, 4) is 0 Å². The molecule has 1 aromatic rings. The van der Waals surface area contributed by atoms with E-state index in [4.69, 9.17) is 0 Å². The van der Waals surface area contributed by atoms with Crippen LogP contribution in [0.1, 0.15) is 38.7 Å². The summed E-state index contributed by atoms with van der Waals surface area (Å²) in [7, 11) is 0. The number of nitrogens with one attached hydrogen (secondary N) is 1. The third-order valence-electron chi connectivity index (χ3n) is 3.91. The highest BCUT2D eigenvalue weighted by atomic mass is 19.1. The molecule has 0 aromatic heterocycles. The van der Waals surface area contributed by atoms with Gasteiger partial charge in [0.15, 0.2) is 0 Å². The van der Waals surface area contributed by atoms with E-state index in [0.717, 1.165) is 38.2 Å². The van der Waals surface area contributed by atoms with E-state index in [0.29, 0.717) is 6.04 Å². The van der Waals surface area contributed by atoms with Gasteiger partial charge in [-0.2, -0.15) is 0 Å².